The Morgan fingerprint density at radius 3 is 2.64 bits per heavy atom. The van der Waals surface area contributed by atoms with Gasteiger partial charge >= 0.3 is 12.1 Å². The number of nitrogens with zero attached hydrogens (tertiary/aromatic N) is 1. The molecule has 0 spiro atoms. The van der Waals surface area contributed by atoms with Crippen LogP contribution < -0.4 is 0 Å². The normalized spacial score (nSPS) is 20.4. The molecule has 1 fully saturated rings. The van der Waals surface area contributed by atoms with E-state index >= 15 is 0 Å². The van der Waals surface area contributed by atoms with Crippen molar-refractivity contribution in [2.24, 2.45) is 5.92 Å². The molecule has 2 atom stereocenters. The van der Waals surface area contributed by atoms with Crippen molar-refractivity contribution in [1.82, 2.24) is 4.90 Å². The number of hydrogen-bond donors (Lipinski definition) is 1. The average Bonchev–Trinajstić information content (AvgIpc) is 3.09. The Kier molecular flexibility index (Phi) is 4.85. The standard InChI is InChI=1S/C18H18F3NO3/c19-18(20,21)14-7-2-1-6-13(14)16(15-8-4-10-25-15)22-9-3-5-12(11-22)17(23)24/h1-2,4,6-8,10,12,16H,3,5,9,11H2,(H,23,24). The minimum Gasteiger partial charge on any atom is -0.481 e. The lowest BCUT2D eigenvalue weighted by Gasteiger charge is -2.37. The van der Waals surface area contributed by atoms with Gasteiger partial charge in [-0.25, -0.2) is 0 Å². The smallest absolute Gasteiger partial charge is 0.416 e. The molecule has 0 bridgehead atoms. The first kappa shape index (κ1) is 17.5. The second kappa shape index (κ2) is 6.92. The summed E-state index contributed by atoms with van der Waals surface area (Å²) < 4.78 is 45.8. The van der Waals surface area contributed by atoms with E-state index in [9.17, 15) is 23.1 Å². The first-order chi connectivity index (χ1) is 11.9. The van der Waals surface area contributed by atoms with Crippen LogP contribution in [0, 0.1) is 5.92 Å². The number of carboxylic acids is 1. The van der Waals surface area contributed by atoms with Crippen LogP contribution in [0.15, 0.2) is 47.1 Å². The number of furan rings is 1. The Labute approximate surface area is 142 Å². The number of aliphatic carboxylic acids is 1. The Morgan fingerprint density at radius 2 is 2.00 bits per heavy atom. The van der Waals surface area contributed by atoms with Gasteiger partial charge in [-0.15, -0.1) is 0 Å². The zero-order valence-corrected chi connectivity index (χ0v) is 13.4. The van der Waals surface area contributed by atoms with Crippen LogP contribution in [0.3, 0.4) is 0 Å². The van der Waals surface area contributed by atoms with E-state index in [0.717, 1.165) is 6.07 Å². The number of carboxylic acid groups (broad SMARTS) is 1. The largest absolute Gasteiger partial charge is 0.481 e. The number of alkyl halides is 3. The predicted molar refractivity (Wildman–Crippen MR) is 83.9 cm³/mol. The summed E-state index contributed by atoms with van der Waals surface area (Å²) in [5.74, 6) is -1.14. The third-order valence-corrected chi connectivity index (χ3v) is 4.54. The summed E-state index contributed by atoms with van der Waals surface area (Å²) in [6.45, 7) is 0.703. The maximum atomic E-state index is 13.5. The van der Waals surface area contributed by atoms with Gasteiger partial charge in [-0.3, -0.25) is 9.69 Å². The number of hydrogen-bond acceptors (Lipinski definition) is 3. The highest BCUT2D eigenvalue weighted by Crippen LogP contribution is 2.40. The van der Waals surface area contributed by atoms with E-state index in [-0.39, 0.29) is 12.1 Å². The van der Waals surface area contributed by atoms with E-state index in [2.05, 4.69) is 0 Å². The van der Waals surface area contributed by atoms with Crippen LogP contribution in [0.1, 0.15) is 35.8 Å². The highest BCUT2D eigenvalue weighted by atomic mass is 19.4. The number of piperidine rings is 1. The lowest BCUT2D eigenvalue weighted by atomic mass is 9.91. The van der Waals surface area contributed by atoms with Crippen LogP contribution >= 0.6 is 0 Å². The van der Waals surface area contributed by atoms with Crippen molar-refractivity contribution in [2.45, 2.75) is 25.1 Å². The van der Waals surface area contributed by atoms with E-state index in [1.165, 1.54) is 18.4 Å². The lowest BCUT2D eigenvalue weighted by Crippen LogP contribution is -2.41. The second-order valence-electron chi connectivity index (χ2n) is 6.18. The number of carbonyl (C=O) groups is 1. The molecule has 7 heteroatoms. The van der Waals surface area contributed by atoms with E-state index < -0.39 is 29.7 Å². The quantitative estimate of drug-likeness (QED) is 0.896. The SMILES string of the molecule is O=C(O)C1CCCN(C(c2ccco2)c2ccccc2C(F)(F)F)C1. The lowest BCUT2D eigenvalue weighted by molar-refractivity contribution is -0.144. The highest BCUT2D eigenvalue weighted by molar-refractivity contribution is 5.70. The maximum Gasteiger partial charge on any atom is 0.416 e. The summed E-state index contributed by atoms with van der Waals surface area (Å²) in [4.78, 5) is 13.1. The van der Waals surface area contributed by atoms with Gasteiger partial charge in [0, 0.05) is 6.54 Å². The summed E-state index contributed by atoms with van der Waals surface area (Å²) in [5.41, 5.74) is -0.648. The van der Waals surface area contributed by atoms with Crippen LogP contribution in [0.2, 0.25) is 0 Å². The molecular weight excluding hydrogens is 335 g/mol. The van der Waals surface area contributed by atoms with Gasteiger partial charge in [0.05, 0.1) is 23.8 Å². The monoisotopic (exact) mass is 353 g/mol. The fourth-order valence-electron chi connectivity index (χ4n) is 3.41. The van der Waals surface area contributed by atoms with E-state index in [4.69, 9.17) is 4.42 Å². The molecule has 1 aliphatic rings. The molecule has 0 amide bonds. The van der Waals surface area contributed by atoms with Gasteiger partial charge in [0.25, 0.3) is 0 Å². The summed E-state index contributed by atoms with van der Waals surface area (Å²) >= 11 is 0. The third kappa shape index (κ3) is 3.71. The summed E-state index contributed by atoms with van der Waals surface area (Å²) in [5, 5.41) is 9.29. The van der Waals surface area contributed by atoms with Crippen molar-refractivity contribution in [3.05, 3.63) is 59.5 Å². The molecule has 2 unspecified atom stereocenters. The molecule has 134 valence electrons. The Morgan fingerprint density at radius 1 is 1.24 bits per heavy atom. The van der Waals surface area contributed by atoms with Crippen molar-refractivity contribution in [2.75, 3.05) is 13.1 Å². The first-order valence-corrected chi connectivity index (χ1v) is 8.04. The van der Waals surface area contributed by atoms with Gasteiger partial charge < -0.3 is 9.52 Å². The zero-order chi connectivity index (χ0) is 18.0. The summed E-state index contributed by atoms with van der Waals surface area (Å²) in [6, 6.07) is 7.86. The van der Waals surface area contributed by atoms with E-state index in [1.807, 2.05) is 0 Å². The third-order valence-electron chi connectivity index (χ3n) is 4.54. The Bertz CT molecular complexity index is 727. The number of rotatable bonds is 4. The van der Waals surface area contributed by atoms with Crippen LogP contribution in [0.25, 0.3) is 0 Å². The average molecular weight is 353 g/mol. The number of halogens is 3. The fraction of sp³-hybridized carbons (Fsp3) is 0.389. The molecule has 0 aliphatic carbocycles. The van der Waals surface area contributed by atoms with Crippen molar-refractivity contribution in [3.63, 3.8) is 0 Å². The molecule has 1 aromatic carbocycles. The molecule has 1 aromatic heterocycles. The van der Waals surface area contributed by atoms with Crippen molar-refractivity contribution in [3.8, 4) is 0 Å². The van der Waals surface area contributed by atoms with Gasteiger partial charge in [0.15, 0.2) is 0 Å². The van der Waals surface area contributed by atoms with Gasteiger partial charge in [-0.05, 0) is 43.1 Å². The molecule has 4 nitrogen and oxygen atoms in total. The van der Waals surface area contributed by atoms with Crippen LogP contribution in [-0.2, 0) is 11.0 Å². The first-order valence-electron chi connectivity index (χ1n) is 8.04. The van der Waals surface area contributed by atoms with Gasteiger partial charge in [-0.2, -0.15) is 13.2 Å². The van der Waals surface area contributed by atoms with E-state index in [0.29, 0.717) is 25.1 Å². The van der Waals surface area contributed by atoms with E-state index in [1.54, 1.807) is 23.1 Å². The van der Waals surface area contributed by atoms with Crippen LogP contribution in [-0.4, -0.2) is 29.1 Å². The van der Waals surface area contributed by atoms with Gasteiger partial charge in [0.1, 0.15) is 5.76 Å². The molecule has 3 rings (SSSR count). The topological polar surface area (TPSA) is 53.7 Å². The molecule has 1 saturated heterocycles. The van der Waals surface area contributed by atoms with Crippen molar-refractivity contribution < 1.29 is 27.5 Å². The minimum atomic E-state index is -4.50. The maximum absolute atomic E-state index is 13.5. The number of likely N-dealkylation sites (tertiary alicyclic amines) is 1. The predicted octanol–water partition coefficient (Wildman–Crippen LogP) is 4.18. The number of benzene rings is 1. The Balaban J connectivity index is 2.05. The summed E-state index contributed by atoms with van der Waals surface area (Å²) in [6.07, 6.45) is -1.94. The Hall–Kier alpha value is -2.28. The highest BCUT2D eigenvalue weighted by Gasteiger charge is 2.39. The molecule has 1 N–H and O–H groups in total. The molecule has 2 heterocycles. The molecule has 0 radical (unpaired) electrons. The van der Waals surface area contributed by atoms with Crippen molar-refractivity contribution in [1.29, 1.82) is 0 Å². The fourth-order valence-corrected chi connectivity index (χ4v) is 3.41. The van der Waals surface area contributed by atoms with Gasteiger partial charge in [0.2, 0.25) is 0 Å². The molecule has 2 aromatic rings. The van der Waals surface area contributed by atoms with Crippen molar-refractivity contribution >= 4 is 5.97 Å². The summed E-state index contributed by atoms with van der Waals surface area (Å²) in [7, 11) is 0. The van der Waals surface area contributed by atoms with Crippen LogP contribution in [0.5, 0.6) is 0 Å². The molecule has 25 heavy (non-hydrogen) atoms. The molecular formula is C18H18F3NO3. The zero-order valence-electron chi connectivity index (χ0n) is 13.4. The van der Waals surface area contributed by atoms with Crippen LogP contribution in [0.4, 0.5) is 13.2 Å². The molecule has 0 saturated carbocycles. The molecule has 1 aliphatic heterocycles. The van der Waals surface area contributed by atoms with Gasteiger partial charge in [-0.1, -0.05) is 18.2 Å². The minimum absolute atomic E-state index is 0.0796. The second-order valence-corrected chi connectivity index (χ2v) is 6.18.